The van der Waals surface area contributed by atoms with Gasteiger partial charge in [-0.05, 0) is 21.8 Å². The topological polar surface area (TPSA) is 76.3 Å². The first-order chi connectivity index (χ1) is 8.60. The van der Waals surface area contributed by atoms with E-state index in [-0.39, 0.29) is 0 Å². The highest BCUT2D eigenvalue weighted by atomic mass is 79.9. The molecular formula is C11H20BrN5O. The lowest BCUT2D eigenvalue weighted by Gasteiger charge is -2.26. The zero-order chi connectivity index (χ0) is 13.5. The van der Waals surface area contributed by atoms with Crippen molar-refractivity contribution in [2.24, 2.45) is 11.8 Å². The molecule has 0 bridgehead atoms. The van der Waals surface area contributed by atoms with Gasteiger partial charge in [0.05, 0.1) is 6.61 Å². The van der Waals surface area contributed by atoms with E-state index in [0.29, 0.717) is 18.3 Å². The molecule has 1 aromatic rings. The number of anilines is 2. The summed E-state index contributed by atoms with van der Waals surface area (Å²) in [6.45, 7) is 6.64. The highest BCUT2D eigenvalue weighted by molar-refractivity contribution is 9.10. The van der Waals surface area contributed by atoms with Crippen LogP contribution in [0.2, 0.25) is 0 Å². The summed E-state index contributed by atoms with van der Waals surface area (Å²) in [6, 6.07) is 0. The summed E-state index contributed by atoms with van der Waals surface area (Å²) in [7, 11) is 1.69. The van der Waals surface area contributed by atoms with Gasteiger partial charge in [-0.3, -0.25) is 0 Å². The molecular weight excluding hydrogens is 298 g/mol. The molecule has 0 unspecified atom stereocenters. The maximum absolute atomic E-state index is 5.41. The molecule has 102 valence electrons. The van der Waals surface area contributed by atoms with Gasteiger partial charge < -0.3 is 15.1 Å². The van der Waals surface area contributed by atoms with E-state index in [1.807, 2.05) is 0 Å². The van der Waals surface area contributed by atoms with Crippen LogP contribution in [0.4, 0.5) is 11.6 Å². The lowest BCUT2D eigenvalue weighted by atomic mass is 10.2. The summed E-state index contributed by atoms with van der Waals surface area (Å²) in [6.07, 6.45) is 1.50. The van der Waals surface area contributed by atoms with E-state index in [4.69, 9.17) is 10.6 Å². The molecule has 0 aliphatic carbocycles. The molecule has 6 nitrogen and oxygen atoms in total. The molecule has 0 aromatic carbocycles. The van der Waals surface area contributed by atoms with Crippen molar-refractivity contribution in [2.75, 3.05) is 37.1 Å². The molecule has 18 heavy (non-hydrogen) atoms. The number of halogens is 1. The molecule has 1 aromatic heterocycles. The third kappa shape index (κ3) is 4.08. The van der Waals surface area contributed by atoms with Gasteiger partial charge in [0, 0.05) is 20.2 Å². The van der Waals surface area contributed by atoms with Gasteiger partial charge in [-0.15, -0.1) is 0 Å². The third-order valence-corrected chi connectivity index (χ3v) is 3.09. The summed E-state index contributed by atoms with van der Waals surface area (Å²) in [5, 5.41) is 0. The molecule has 1 rings (SSSR count). The van der Waals surface area contributed by atoms with E-state index in [0.717, 1.165) is 23.4 Å². The normalized spacial score (nSPS) is 10.8. The Morgan fingerprint density at radius 1 is 1.50 bits per heavy atom. The SMILES string of the molecule is COCCN(CC(C)C)c1ncnc(NN)c1Br. The average Bonchev–Trinajstić information content (AvgIpc) is 2.34. The van der Waals surface area contributed by atoms with E-state index >= 15 is 0 Å². The van der Waals surface area contributed by atoms with Crippen LogP contribution in [0.25, 0.3) is 0 Å². The van der Waals surface area contributed by atoms with Crippen LogP contribution >= 0.6 is 15.9 Å². The Labute approximate surface area is 116 Å². The van der Waals surface area contributed by atoms with Gasteiger partial charge in [-0.25, -0.2) is 15.8 Å². The Kier molecular flexibility index (Phi) is 6.31. The van der Waals surface area contributed by atoms with Crippen molar-refractivity contribution in [3.63, 3.8) is 0 Å². The molecule has 3 N–H and O–H groups in total. The number of nitrogen functional groups attached to an aromatic ring is 1. The predicted molar refractivity (Wildman–Crippen MR) is 76.5 cm³/mol. The molecule has 0 fully saturated rings. The van der Waals surface area contributed by atoms with Crippen molar-refractivity contribution in [3.8, 4) is 0 Å². The summed E-state index contributed by atoms with van der Waals surface area (Å²) in [5.41, 5.74) is 2.54. The summed E-state index contributed by atoms with van der Waals surface area (Å²) >= 11 is 3.47. The maximum atomic E-state index is 5.41. The number of nitrogens with one attached hydrogen (secondary N) is 1. The largest absolute Gasteiger partial charge is 0.383 e. The van der Waals surface area contributed by atoms with E-state index in [1.54, 1.807) is 7.11 Å². The fraction of sp³-hybridized carbons (Fsp3) is 0.636. The van der Waals surface area contributed by atoms with Gasteiger partial charge in [0.2, 0.25) is 0 Å². The van der Waals surface area contributed by atoms with E-state index in [9.17, 15) is 0 Å². The highest BCUT2D eigenvalue weighted by Gasteiger charge is 2.16. The van der Waals surface area contributed by atoms with E-state index in [1.165, 1.54) is 6.33 Å². The van der Waals surface area contributed by atoms with E-state index < -0.39 is 0 Å². The maximum Gasteiger partial charge on any atom is 0.159 e. The minimum atomic E-state index is 0.526. The second kappa shape index (κ2) is 7.50. The average molecular weight is 318 g/mol. The third-order valence-electron chi connectivity index (χ3n) is 2.36. The standard InChI is InChI=1S/C11H20BrN5O/c1-8(2)6-17(4-5-18-3)11-9(12)10(16-13)14-7-15-11/h7-8H,4-6,13H2,1-3H3,(H,14,15,16). The monoisotopic (exact) mass is 317 g/mol. The van der Waals surface area contributed by atoms with Crippen LogP contribution in [0.1, 0.15) is 13.8 Å². The van der Waals surface area contributed by atoms with Crippen molar-refractivity contribution in [2.45, 2.75) is 13.8 Å². The zero-order valence-corrected chi connectivity index (χ0v) is 12.6. The summed E-state index contributed by atoms with van der Waals surface area (Å²) in [5.74, 6) is 7.33. The van der Waals surface area contributed by atoms with Gasteiger partial charge in [-0.1, -0.05) is 13.8 Å². The van der Waals surface area contributed by atoms with Gasteiger partial charge in [0.15, 0.2) is 5.82 Å². The summed E-state index contributed by atoms with van der Waals surface area (Å²) in [4.78, 5) is 10.5. The lowest BCUT2D eigenvalue weighted by Crippen LogP contribution is -2.32. The van der Waals surface area contributed by atoms with Crippen LogP contribution < -0.4 is 16.2 Å². The molecule has 7 heteroatoms. The number of hydrogen-bond donors (Lipinski definition) is 2. The Balaban J connectivity index is 2.96. The molecule has 0 amide bonds. The van der Waals surface area contributed by atoms with Crippen molar-refractivity contribution >= 4 is 27.6 Å². The predicted octanol–water partition coefficient (Wildman–Crippen LogP) is 1.63. The van der Waals surface area contributed by atoms with Crippen LogP contribution in [-0.2, 0) is 4.74 Å². The second-order valence-corrected chi connectivity index (χ2v) is 5.13. The molecule has 0 saturated heterocycles. The van der Waals surface area contributed by atoms with Crippen molar-refractivity contribution in [1.82, 2.24) is 9.97 Å². The number of methoxy groups -OCH3 is 1. The Morgan fingerprint density at radius 2 is 2.22 bits per heavy atom. The number of rotatable bonds is 7. The molecule has 0 aliphatic heterocycles. The first-order valence-electron chi connectivity index (χ1n) is 5.81. The number of hydrogen-bond acceptors (Lipinski definition) is 6. The minimum absolute atomic E-state index is 0.526. The van der Waals surface area contributed by atoms with Crippen LogP contribution in [0.5, 0.6) is 0 Å². The van der Waals surface area contributed by atoms with Crippen LogP contribution in [0.3, 0.4) is 0 Å². The Hall–Kier alpha value is -0.920. The number of hydrazine groups is 1. The van der Waals surface area contributed by atoms with Gasteiger partial charge in [0.1, 0.15) is 16.6 Å². The first-order valence-corrected chi connectivity index (χ1v) is 6.60. The summed E-state index contributed by atoms with van der Waals surface area (Å²) < 4.78 is 5.90. The fourth-order valence-electron chi connectivity index (χ4n) is 1.61. The van der Waals surface area contributed by atoms with Crippen molar-refractivity contribution in [1.29, 1.82) is 0 Å². The van der Waals surface area contributed by atoms with Gasteiger partial charge in [-0.2, -0.15) is 0 Å². The van der Waals surface area contributed by atoms with Crippen molar-refractivity contribution < 1.29 is 4.74 Å². The quantitative estimate of drug-likeness (QED) is 0.588. The Bertz CT molecular complexity index is 374. The highest BCUT2D eigenvalue weighted by Crippen LogP contribution is 2.29. The van der Waals surface area contributed by atoms with Crippen LogP contribution in [0.15, 0.2) is 10.8 Å². The lowest BCUT2D eigenvalue weighted by molar-refractivity contribution is 0.204. The minimum Gasteiger partial charge on any atom is -0.383 e. The molecule has 0 aliphatic rings. The zero-order valence-electron chi connectivity index (χ0n) is 11.0. The van der Waals surface area contributed by atoms with Gasteiger partial charge in [0.25, 0.3) is 0 Å². The first kappa shape index (κ1) is 15.1. The Morgan fingerprint density at radius 3 is 2.78 bits per heavy atom. The number of aromatic nitrogens is 2. The second-order valence-electron chi connectivity index (χ2n) is 4.34. The van der Waals surface area contributed by atoms with Crippen molar-refractivity contribution in [3.05, 3.63) is 10.8 Å². The molecule has 0 spiro atoms. The van der Waals surface area contributed by atoms with Crippen LogP contribution in [0, 0.1) is 5.92 Å². The molecule has 1 heterocycles. The van der Waals surface area contributed by atoms with E-state index in [2.05, 4.69) is 50.1 Å². The number of ether oxygens (including phenoxy) is 1. The number of nitrogens with two attached hydrogens (primary N) is 1. The van der Waals surface area contributed by atoms with Crippen LogP contribution in [-0.4, -0.2) is 36.8 Å². The number of nitrogens with zero attached hydrogens (tertiary/aromatic N) is 3. The van der Waals surface area contributed by atoms with Gasteiger partial charge >= 0.3 is 0 Å². The fourth-order valence-corrected chi connectivity index (χ4v) is 2.18. The molecule has 0 radical (unpaired) electrons. The molecule has 0 atom stereocenters. The smallest absolute Gasteiger partial charge is 0.159 e. The molecule has 0 saturated carbocycles.